The number of hydrogen-bond donors (Lipinski definition) is 2. The summed E-state index contributed by atoms with van der Waals surface area (Å²) >= 11 is 0. The monoisotopic (exact) mass is 406 g/mol. The Hall–Kier alpha value is -3.55. The first-order chi connectivity index (χ1) is 14.2. The Labute approximate surface area is 175 Å². The number of rotatable bonds is 5. The zero-order chi connectivity index (χ0) is 22.0. The molecule has 1 aromatic carbocycles. The summed E-state index contributed by atoms with van der Waals surface area (Å²) in [5, 5.41) is 10.1. The van der Waals surface area contributed by atoms with Crippen molar-refractivity contribution in [2.75, 3.05) is 12.4 Å². The summed E-state index contributed by atoms with van der Waals surface area (Å²) in [5.74, 6) is 0.123. The molecule has 3 rings (SSSR count). The topological polar surface area (TPSA) is 102 Å². The number of anilines is 1. The van der Waals surface area contributed by atoms with Crippen molar-refractivity contribution in [2.45, 2.75) is 41.0 Å². The molecule has 3 aromatic rings. The van der Waals surface area contributed by atoms with Crippen LogP contribution in [0.1, 0.15) is 44.3 Å². The molecule has 0 atom stereocenters. The first-order valence-corrected chi connectivity index (χ1v) is 9.70. The number of benzene rings is 1. The van der Waals surface area contributed by atoms with Crippen LogP contribution in [0.25, 0.3) is 5.95 Å². The maximum absolute atomic E-state index is 12.8. The van der Waals surface area contributed by atoms with Crippen LogP contribution in [0.3, 0.4) is 0 Å². The molecule has 156 valence electrons. The molecule has 0 saturated carbocycles. The number of carbonyl (C=O) groups is 2. The normalized spacial score (nSPS) is 10.7. The molecule has 8 heteroatoms. The summed E-state index contributed by atoms with van der Waals surface area (Å²) in [5.41, 5.74) is 5.98. The highest BCUT2D eigenvalue weighted by molar-refractivity contribution is 5.99. The molecule has 0 spiro atoms. The van der Waals surface area contributed by atoms with Crippen molar-refractivity contribution in [1.82, 2.24) is 25.1 Å². The number of nitrogens with zero attached hydrogens (tertiary/aromatic N) is 4. The Kier molecular flexibility index (Phi) is 5.96. The Bertz CT molecular complexity index is 1110. The summed E-state index contributed by atoms with van der Waals surface area (Å²) in [4.78, 5) is 33.7. The summed E-state index contributed by atoms with van der Waals surface area (Å²) in [6.07, 6.45) is 0.159. The molecular weight excluding hydrogens is 380 g/mol. The van der Waals surface area contributed by atoms with Crippen LogP contribution in [0.5, 0.6) is 0 Å². The molecule has 0 radical (unpaired) electrons. The lowest BCUT2D eigenvalue weighted by atomic mass is 10.1. The van der Waals surface area contributed by atoms with Gasteiger partial charge in [0.25, 0.3) is 11.9 Å². The van der Waals surface area contributed by atoms with Crippen LogP contribution in [0.2, 0.25) is 0 Å². The number of aromatic nitrogens is 4. The maximum atomic E-state index is 12.8. The van der Waals surface area contributed by atoms with Gasteiger partial charge >= 0.3 is 0 Å². The van der Waals surface area contributed by atoms with E-state index in [1.165, 1.54) is 0 Å². The second kappa shape index (κ2) is 8.44. The molecule has 0 fully saturated rings. The maximum Gasteiger partial charge on any atom is 0.251 e. The highest BCUT2D eigenvalue weighted by Crippen LogP contribution is 2.21. The molecule has 0 aliphatic heterocycles. The van der Waals surface area contributed by atoms with Gasteiger partial charge in [-0.05, 0) is 58.4 Å². The van der Waals surface area contributed by atoms with Crippen molar-refractivity contribution in [2.24, 2.45) is 0 Å². The second-order valence-corrected chi connectivity index (χ2v) is 7.29. The molecule has 0 aliphatic rings. The van der Waals surface area contributed by atoms with Gasteiger partial charge in [-0.3, -0.25) is 9.59 Å². The van der Waals surface area contributed by atoms with Crippen LogP contribution in [0, 0.1) is 34.6 Å². The predicted molar refractivity (Wildman–Crippen MR) is 115 cm³/mol. The van der Waals surface area contributed by atoms with E-state index in [0.717, 1.165) is 33.9 Å². The Balaban J connectivity index is 1.85. The zero-order valence-corrected chi connectivity index (χ0v) is 18.1. The minimum absolute atomic E-state index is 0.159. The Morgan fingerprint density at radius 1 is 1.03 bits per heavy atom. The summed E-state index contributed by atoms with van der Waals surface area (Å²) in [6.45, 7) is 9.40. The lowest BCUT2D eigenvalue weighted by Gasteiger charge is -2.12. The highest BCUT2D eigenvalue weighted by atomic mass is 16.2. The third kappa shape index (κ3) is 4.22. The van der Waals surface area contributed by atoms with E-state index < -0.39 is 0 Å². The summed E-state index contributed by atoms with van der Waals surface area (Å²) in [6, 6.07) is 7.16. The molecule has 2 aromatic heterocycles. The van der Waals surface area contributed by atoms with Gasteiger partial charge in [-0.15, -0.1) is 0 Å². The van der Waals surface area contributed by atoms with Gasteiger partial charge in [0, 0.05) is 40.9 Å². The van der Waals surface area contributed by atoms with E-state index in [4.69, 9.17) is 0 Å². The lowest BCUT2D eigenvalue weighted by molar-refractivity contribution is -0.115. The summed E-state index contributed by atoms with van der Waals surface area (Å²) < 4.78 is 1.68. The molecule has 30 heavy (non-hydrogen) atoms. The zero-order valence-electron chi connectivity index (χ0n) is 18.1. The van der Waals surface area contributed by atoms with Crippen LogP contribution >= 0.6 is 0 Å². The van der Waals surface area contributed by atoms with Crippen molar-refractivity contribution in [3.63, 3.8) is 0 Å². The van der Waals surface area contributed by atoms with Crippen molar-refractivity contribution in [1.29, 1.82) is 0 Å². The number of carbonyl (C=O) groups excluding carboxylic acids is 2. The van der Waals surface area contributed by atoms with Gasteiger partial charge in [0.15, 0.2) is 0 Å². The van der Waals surface area contributed by atoms with E-state index in [9.17, 15) is 9.59 Å². The third-order valence-electron chi connectivity index (χ3n) is 5.02. The lowest BCUT2D eigenvalue weighted by Crippen LogP contribution is -2.21. The fraction of sp³-hybridized carbons (Fsp3) is 0.318. The average Bonchev–Trinajstić information content (AvgIpc) is 2.96. The second-order valence-electron chi connectivity index (χ2n) is 7.29. The first-order valence-electron chi connectivity index (χ1n) is 9.70. The molecule has 2 N–H and O–H groups in total. The van der Waals surface area contributed by atoms with Crippen molar-refractivity contribution in [3.8, 4) is 5.95 Å². The van der Waals surface area contributed by atoms with Gasteiger partial charge in [0.1, 0.15) is 0 Å². The number of amides is 2. The molecule has 8 nitrogen and oxygen atoms in total. The predicted octanol–water partition coefficient (Wildman–Crippen LogP) is 2.75. The van der Waals surface area contributed by atoms with Crippen LogP contribution in [0.4, 0.5) is 5.69 Å². The van der Waals surface area contributed by atoms with Gasteiger partial charge in [0.2, 0.25) is 5.91 Å². The van der Waals surface area contributed by atoms with Crippen LogP contribution in [0.15, 0.2) is 24.3 Å². The molecule has 2 heterocycles. The fourth-order valence-electron chi connectivity index (χ4n) is 3.43. The van der Waals surface area contributed by atoms with Crippen molar-refractivity contribution >= 4 is 17.5 Å². The van der Waals surface area contributed by atoms with E-state index in [0.29, 0.717) is 17.2 Å². The Morgan fingerprint density at radius 2 is 1.70 bits per heavy atom. The summed E-state index contributed by atoms with van der Waals surface area (Å²) in [7, 11) is 1.58. The van der Waals surface area contributed by atoms with Gasteiger partial charge in [0.05, 0.1) is 12.1 Å². The van der Waals surface area contributed by atoms with E-state index in [-0.39, 0.29) is 18.2 Å². The quantitative estimate of drug-likeness (QED) is 0.678. The van der Waals surface area contributed by atoms with Gasteiger partial charge in [-0.1, -0.05) is 6.07 Å². The first kappa shape index (κ1) is 21.2. The van der Waals surface area contributed by atoms with Crippen molar-refractivity contribution in [3.05, 3.63) is 63.7 Å². The largest absolute Gasteiger partial charge is 0.355 e. The highest BCUT2D eigenvalue weighted by Gasteiger charge is 2.19. The van der Waals surface area contributed by atoms with Gasteiger partial charge in [-0.25, -0.2) is 14.6 Å². The van der Waals surface area contributed by atoms with Crippen LogP contribution in [-0.4, -0.2) is 38.6 Å². The minimum Gasteiger partial charge on any atom is -0.355 e. The number of hydrogen-bond acceptors (Lipinski definition) is 5. The number of aryl methyl sites for hydroxylation is 3. The van der Waals surface area contributed by atoms with E-state index in [1.54, 1.807) is 29.9 Å². The Morgan fingerprint density at radius 3 is 2.33 bits per heavy atom. The fourth-order valence-corrected chi connectivity index (χ4v) is 3.43. The smallest absolute Gasteiger partial charge is 0.251 e. The molecule has 0 unspecified atom stereocenters. The van der Waals surface area contributed by atoms with Crippen LogP contribution < -0.4 is 10.6 Å². The average molecular weight is 406 g/mol. The number of nitrogens with one attached hydrogen (secondary N) is 2. The SMILES string of the molecule is CNC(=O)c1cccc(NC(=O)Cc2c(C)nn(-c3nc(C)cc(C)n3)c2C)c1C. The van der Waals surface area contributed by atoms with Crippen LogP contribution in [-0.2, 0) is 11.2 Å². The van der Waals surface area contributed by atoms with Crippen molar-refractivity contribution < 1.29 is 9.59 Å². The van der Waals surface area contributed by atoms with E-state index in [2.05, 4.69) is 25.7 Å². The van der Waals surface area contributed by atoms with E-state index >= 15 is 0 Å². The minimum atomic E-state index is -0.190. The van der Waals surface area contributed by atoms with Gasteiger partial charge < -0.3 is 10.6 Å². The third-order valence-corrected chi connectivity index (χ3v) is 5.02. The molecule has 0 bridgehead atoms. The molecule has 0 aliphatic carbocycles. The molecular formula is C22H26N6O2. The molecule has 2 amide bonds. The van der Waals surface area contributed by atoms with Gasteiger partial charge in [-0.2, -0.15) is 5.10 Å². The molecule has 0 saturated heterocycles. The standard InChI is InChI=1S/C22H26N6O2/c1-12-10-13(2)25-22(24-12)28-16(5)18(15(4)27-28)11-20(29)26-19-9-7-8-17(14(19)3)21(30)23-6/h7-10H,11H2,1-6H3,(H,23,30)(H,26,29). The van der Waals surface area contributed by atoms with E-state index in [1.807, 2.05) is 40.7 Å².